The molecule has 0 fully saturated rings. The first kappa shape index (κ1) is 19.8. The van der Waals surface area contributed by atoms with Crippen molar-refractivity contribution < 1.29 is 4.79 Å². The molecule has 0 aliphatic heterocycles. The van der Waals surface area contributed by atoms with Gasteiger partial charge in [0.15, 0.2) is 0 Å². The Hall–Kier alpha value is -2.46. The monoisotopic (exact) mass is 421 g/mol. The number of anilines is 1. The molecule has 0 saturated carbocycles. The van der Waals surface area contributed by atoms with E-state index in [9.17, 15) is 10.1 Å². The molecule has 1 atom stereocenters. The first-order valence-electron chi connectivity index (χ1n) is 9.83. The Labute approximate surface area is 179 Å². The van der Waals surface area contributed by atoms with Crippen LogP contribution < -0.4 is 10.6 Å². The van der Waals surface area contributed by atoms with Crippen LogP contribution in [0.2, 0.25) is 0 Å². The molecule has 0 saturated heterocycles. The van der Waals surface area contributed by atoms with Gasteiger partial charge in [0, 0.05) is 9.75 Å². The van der Waals surface area contributed by atoms with E-state index in [0.29, 0.717) is 10.6 Å². The molecule has 0 spiro atoms. The third-order valence-electron chi connectivity index (χ3n) is 5.24. The Morgan fingerprint density at radius 2 is 2.00 bits per heavy atom. The maximum Gasteiger partial charge on any atom is 0.238 e. The van der Waals surface area contributed by atoms with Crippen molar-refractivity contribution in [1.82, 2.24) is 5.32 Å². The molecule has 0 radical (unpaired) electrons. The lowest BCUT2D eigenvalue weighted by atomic mass is 9.96. The van der Waals surface area contributed by atoms with E-state index in [-0.39, 0.29) is 18.5 Å². The first-order valence-corrected chi connectivity index (χ1v) is 11.5. The highest BCUT2D eigenvalue weighted by molar-refractivity contribution is 7.16. The fourth-order valence-electron chi connectivity index (χ4n) is 3.73. The fourth-order valence-corrected chi connectivity index (χ4v) is 5.82. The van der Waals surface area contributed by atoms with E-state index in [4.69, 9.17) is 0 Å². The van der Waals surface area contributed by atoms with Gasteiger partial charge in [0.05, 0.1) is 18.2 Å². The van der Waals surface area contributed by atoms with Gasteiger partial charge in [-0.3, -0.25) is 10.1 Å². The molecule has 2 aromatic heterocycles. The highest BCUT2D eigenvalue weighted by atomic mass is 32.1. The highest BCUT2D eigenvalue weighted by Gasteiger charge is 2.22. The van der Waals surface area contributed by atoms with Crippen LogP contribution in [-0.4, -0.2) is 12.5 Å². The number of hydrogen-bond donors (Lipinski definition) is 2. The molecule has 148 valence electrons. The van der Waals surface area contributed by atoms with Crippen LogP contribution in [0.5, 0.6) is 0 Å². The minimum Gasteiger partial charge on any atom is -0.315 e. The molecule has 4 nitrogen and oxygen atoms in total. The van der Waals surface area contributed by atoms with Gasteiger partial charge in [-0.1, -0.05) is 35.9 Å². The van der Waals surface area contributed by atoms with Gasteiger partial charge in [0.25, 0.3) is 0 Å². The number of nitrogens with one attached hydrogen (secondary N) is 2. The molecule has 1 aromatic carbocycles. The van der Waals surface area contributed by atoms with Crippen LogP contribution in [0.4, 0.5) is 5.00 Å². The van der Waals surface area contributed by atoms with E-state index >= 15 is 0 Å². The Morgan fingerprint density at radius 3 is 2.72 bits per heavy atom. The van der Waals surface area contributed by atoms with E-state index in [1.165, 1.54) is 15.3 Å². The summed E-state index contributed by atoms with van der Waals surface area (Å²) < 4.78 is 0. The second kappa shape index (κ2) is 8.91. The maximum absolute atomic E-state index is 12.7. The van der Waals surface area contributed by atoms with Gasteiger partial charge < -0.3 is 5.32 Å². The quantitative estimate of drug-likeness (QED) is 0.576. The summed E-state index contributed by atoms with van der Waals surface area (Å²) in [5, 5.41) is 18.7. The third kappa shape index (κ3) is 4.43. The Bertz CT molecular complexity index is 1030. The number of rotatable bonds is 6. The molecule has 0 unspecified atom stereocenters. The van der Waals surface area contributed by atoms with Crippen molar-refractivity contribution in [3.63, 3.8) is 0 Å². The number of carbonyl (C=O) groups is 1. The Kier molecular flexibility index (Phi) is 6.10. The summed E-state index contributed by atoms with van der Waals surface area (Å²) in [5.74, 6) is -0.117. The predicted octanol–water partition coefficient (Wildman–Crippen LogP) is 5.19. The summed E-state index contributed by atoms with van der Waals surface area (Å²) in [6, 6.07) is 14.8. The molecule has 4 rings (SSSR count). The van der Waals surface area contributed by atoms with Gasteiger partial charge in [-0.2, -0.15) is 5.26 Å². The lowest BCUT2D eigenvalue weighted by Crippen LogP contribution is -2.31. The van der Waals surface area contributed by atoms with Crippen molar-refractivity contribution in [3.8, 4) is 6.07 Å². The summed E-state index contributed by atoms with van der Waals surface area (Å²) in [4.78, 5) is 15.1. The largest absolute Gasteiger partial charge is 0.315 e. The van der Waals surface area contributed by atoms with E-state index in [2.05, 4.69) is 54.0 Å². The van der Waals surface area contributed by atoms with Gasteiger partial charge in [0.2, 0.25) is 5.91 Å². The van der Waals surface area contributed by atoms with Crippen LogP contribution in [0.15, 0.2) is 41.8 Å². The summed E-state index contributed by atoms with van der Waals surface area (Å²) in [5.41, 5.74) is 4.15. The van der Waals surface area contributed by atoms with Crippen molar-refractivity contribution >= 4 is 33.6 Å². The van der Waals surface area contributed by atoms with E-state index < -0.39 is 0 Å². The highest BCUT2D eigenvalue weighted by Crippen LogP contribution is 2.37. The predicted molar refractivity (Wildman–Crippen MR) is 120 cm³/mol. The summed E-state index contributed by atoms with van der Waals surface area (Å²) in [6.45, 7) is 2.25. The zero-order chi connectivity index (χ0) is 20.2. The molecule has 29 heavy (non-hydrogen) atoms. The maximum atomic E-state index is 12.7. The second-order valence-corrected chi connectivity index (χ2v) is 9.40. The number of thiophene rings is 2. The van der Waals surface area contributed by atoms with Gasteiger partial charge in [0.1, 0.15) is 11.1 Å². The zero-order valence-corrected chi connectivity index (χ0v) is 18.0. The smallest absolute Gasteiger partial charge is 0.238 e. The van der Waals surface area contributed by atoms with Crippen LogP contribution in [0.3, 0.4) is 0 Å². The summed E-state index contributed by atoms with van der Waals surface area (Å²) in [7, 11) is 0. The number of amides is 1. The molecule has 2 N–H and O–H groups in total. The first-order chi connectivity index (χ1) is 14.2. The second-order valence-electron chi connectivity index (χ2n) is 7.32. The van der Waals surface area contributed by atoms with Gasteiger partial charge >= 0.3 is 0 Å². The standard InChI is InChI=1S/C23H23N3OS2/c1-15-8-10-16(11-9-15)22(20-7-4-12-28-20)25-14-21(27)26-23-18(13-24)17-5-2-3-6-19(17)29-23/h4,7-12,22,25H,2-3,5-6,14H2,1H3,(H,26,27)/t22-/m0/s1. The SMILES string of the molecule is Cc1ccc([C@H](NCC(=O)Nc2sc3c(c2C#N)CCCC3)c2cccs2)cc1. The fraction of sp³-hybridized carbons (Fsp3) is 0.304. The van der Waals surface area contributed by atoms with Gasteiger partial charge in [-0.25, -0.2) is 0 Å². The van der Waals surface area contributed by atoms with E-state index in [1.54, 1.807) is 22.7 Å². The van der Waals surface area contributed by atoms with Gasteiger partial charge in [-0.15, -0.1) is 22.7 Å². The Balaban J connectivity index is 1.47. The molecule has 1 amide bonds. The lowest BCUT2D eigenvalue weighted by Gasteiger charge is -2.18. The van der Waals surface area contributed by atoms with Crippen LogP contribution in [0.1, 0.15) is 50.9 Å². The minimum atomic E-state index is -0.117. The number of benzene rings is 1. The van der Waals surface area contributed by atoms with Crippen molar-refractivity contribution in [1.29, 1.82) is 5.26 Å². The zero-order valence-electron chi connectivity index (χ0n) is 16.3. The molecule has 6 heteroatoms. The molecule has 2 heterocycles. The number of carbonyl (C=O) groups excluding carboxylic acids is 1. The van der Waals surface area contributed by atoms with Crippen molar-refractivity contribution in [2.45, 2.75) is 38.6 Å². The molecular formula is C23H23N3OS2. The van der Waals surface area contributed by atoms with Crippen molar-refractivity contribution in [2.24, 2.45) is 0 Å². The van der Waals surface area contributed by atoms with Crippen molar-refractivity contribution in [3.05, 3.63) is 73.8 Å². The van der Waals surface area contributed by atoms with Crippen LogP contribution in [0, 0.1) is 18.3 Å². The lowest BCUT2D eigenvalue weighted by molar-refractivity contribution is -0.115. The summed E-state index contributed by atoms with van der Waals surface area (Å²) in [6.07, 6.45) is 4.23. The summed E-state index contributed by atoms with van der Waals surface area (Å²) >= 11 is 3.24. The number of aryl methyl sites for hydroxylation is 2. The molecule has 1 aliphatic carbocycles. The normalized spacial score (nSPS) is 14.1. The Morgan fingerprint density at radius 1 is 1.21 bits per heavy atom. The minimum absolute atomic E-state index is 0.0340. The molecule has 0 bridgehead atoms. The topological polar surface area (TPSA) is 64.9 Å². The number of fused-ring (bicyclic) bond motifs is 1. The number of nitrogens with zero attached hydrogens (tertiary/aromatic N) is 1. The average molecular weight is 422 g/mol. The van der Waals surface area contributed by atoms with Crippen LogP contribution >= 0.6 is 22.7 Å². The number of hydrogen-bond acceptors (Lipinski definition) is 5. The van der Waals surface area contributed by atoms with Crippen LogP contribution in [-0.2, 0) is 17.6 Å². The number of nitriles is 1. The third-order valence-corrected chi connectivity index (χ3v) is 7.39. The van der Waals surface area contributed by atoms with E-state index in [0.717, 1.165) is 36.8 Å². The van der Waals surface area contributed by atoms with Crippen LogP contribution in [0.25, 0.3) is 0 Å². The molecule has 1 aliphatic rings. The van der Waals surface area contributed by atoms with Gasteiger partial charge in [-0.05, 0) is 55.2 Å². The van der Waals surface area contributed by atoms with Crippen molar-refractivity contribution in [2.75, 3.05) is 11.9 Å². The molecular weight excluding hydrogens is 398 g/mol. The van der Waals surface area contributed by atoms with E-state index in [1.807, 2.05) is 11.4 Å². The average Bonchev–Trinajstić information content (AvgIpc) is 3.37. The molecule has 3 aromatic rings.